The number of allylic oxidation sites excluding steroid dienone is 2. The van der Waals surface area contributed by atoms with E-state index in [9.17, 15) is 0 Å². The fraction of sp³-hybridized carbons (Fsp3) is 0.211. The van der Waals surface area contributed by atoms with Crippen molar-refractivity contribution < 1.29 is 0 Å². The molecule has 2 aromatic heterocycles. The number of nitrogens with zero attached hydrogens (tertiary/aromatic N) is 1. The SMILES string of the molecule is CC1(C)CC(/C=C/c2ccc(Cl)c(Cl)c2)=Cc2c1sc1n[nH]c(N)c21. The fourth-order valence-corrected chi connectivity index (χ4v) is 4.86. The molecule has 3 N–H and O–H groups in total. The van der Waals surface area contributed by atoms with Gasteiger partial charge in [0.25, 0.3) is 0 Å². The molecule has 1 aliphatic carbocycles. The van der Waals surface area contributed by atoms with Crippen LogP contribution in [-0.2, 0) is 5.41 Å². The van der Waals surface area contributed by atoms with E-state index in [4.69, 9.17) is 28.9 Å². The van der Waals surface area contributed by atoms with Crippen LogP contribution >= 0.6 is 34.5 Å². The van der Waals surface area contributed by atoms with Crippen molar-refractivity contribution in [2.45, 2.75) is 25.7 Å². The topological polar surface area (TPSA) is 54.7 Å². The number of H-pyrrole nitrogens is 1. The van der Waals surface area contributed by atoms with E-state index in [0.29, 0.717) is 15.9 Å². The second-order valence-electron chi connectivity index (χ2n) is 6.95. The molecule has 0 saturated carbocycles. The average molecular weight is 390 g/mol. The van der Waals surface area contributed by atoms with Crippen molar-refractivity contribution in [1.29, 1.82) is 0 Å². The number of nitrogens with one attached hydrogen (secondary N) is 1. The first kappa shape index (κ1) is 16.7. The van der Waals surface area contributed by atoms with Gasteiger partial charge in [-0.3, -0.25) is 5.10 Å². The predicted octanol–water partition coefficient (Wildman–Crippen LogP) is 6.29. The summed E-state index contributed by atoms with van der Waals surface area (Å²) in [6, 6.07) is 5.65. The zero-order chi connectivity index (χ0) is 17.8. The lowest BCUT2D eigenvalue weighted by molar-refractivity contribution is 0.531. The van der Waals surface area contributed by atoms with Gasteiger partial charge in [-0.15, -0.1) is 11.3 Å². The van der Waals surface area contributed by atoms with Crippen molar-refractivity contribution >= 4 is 62.7 Å². The van der Waals surface area contributed by atoms with Gasteiger partial charge in [0.15, 0.2) is 0 Å². The molecule has 128 valence electrons. The highest BCUT2D eigenvalue weighted by Gasteiger charge is 2.32. The number of halogens is 2. The summed E-state index contributed by atoms with van der Waals surface area (Å²) in [4.78, 5) is 2.32. The van der Waals surface area contributed by atoms with Gasteiger partial charge in [0, 0.05) is 15.9 Å². The third-order valence-corrected chi connectivity index (χ3v) is 6.70. The maximum atomic E-state index is 6.10. The average Bonchev–Trinajstić information content (AvgIpc) is 3.09. The predicted molar refractivity (Wildman–Crippen MR) is 109 cm³/mol. The lowest BCUT2D eigenvalue weighted by Crippen LogP contribution is -2.20. The van der Waals surface area contributed by atoms with Gasteiger partial charge in [0.2, 0.25) is 0 Å². The first-order valence-corrected chi connectivity index (χ1v) is 9.53. The lowest BCUT2D eigenvalue weighted by Gasteiger charge is -2.29. The molecular formula is C19H17Cl2N3S. The van der Waals surface area contributed by atoms with Crippen LogP contribution in [0.25, 0.3) is 22.4 Å². The summed E-state index contributed by atoms with van der Waals surface area (Å²) in [7, 11) is 0. The smallest absolute Gasteiger partial charge is 0.148 e. The Balaban J connectivity index is 1.76. The van der Waals surface area contributed by atoms with Gasteiger partial charge in [-0.1, -0.05) is 55.3 Å². The van der Waals surface area contributed by atoms with E-state index in [1.54, 1.807) is 11.3 Å². The van der Waals surface area contributed by atoms with E-state index in [-0.39, 0.29) is 5.41 Å². The number of nitrogen functional groups attached to an aromatic ring is 1. The Morgan fingerprint density at radius 3 is 2.80 bits per heavy atom. The number of benzene rings is 1. The molecular weight excluding hydrogens is 373 g/mol. The summed E-state index contributed by atoms with van der Waals surface area (Å²) < 4.78 is 0. The number of aromatic amines is 1. The quantitative estimate of drug-likeness (QED) is 0.540. The monoisotopic (exact) mass is 389 g/mol. The van der Waals surface area contributed by atoms with Crippen LogP contribution in [0.3, 0.4) is 0 Å². The normalized spacial score (nSPS) is 16.4. The van der Waals surface area contributed by atoms with E-state index < -0.39 is 0 Å². The van der Waals surface area contributed by atoms with Gasteiger partial charge < -0.3 is 5.73 Å². The lowest BCUT2D eigenvalue weighted by atomic mass is 9.77. The Morgan fingerprint density at radius 2 is 2.04 bits per heavy atom. The Bertz CT molecular complexity index is 1040. The minimum atomic E-state index is 0.0478. The highest BCUT2D eigenvalue weighted by Crippen LogP contribution is 2.47. The molecule has 0 saturated heterocycles. The van der Waals surface area contributed by atoms with Crippen LogP contribution in [0, 0.1) is 0 Å². The summed E-state index contributed by atoms with van der Waals surface area (Å²) in [5.41, 5.74) is 9.61. The molecule has 2 heterocycles. The number of hydrogen-bond acceptors (Lipinski definition) is 3. The van der Waals surface area contributed by atoms with Gasteiger partial charge in [-0.2, -0.15) is 5.10 Å². The molecule has 1 aromatic carbocycles. The van der Waals surface area contributed by atoms with Crippen LogP contribution in [0.2, 0.25) is 10.0 Å². The second-order valence-corrected chi connectivity index (χ2v) is 8.76. The highest BCUT2D eigenvalue weighted by molar-refractivity contribution is 7.19. The first-order chi connectivity index (χ1) is 11.8. The zero-order valence-corrected chi connectivity index (χ0v) is 16.2. The van der Waals surface area contributed by atoms with Crippen molar-refractivity contribution in [3.05, 3.63) is 55.9 Å². The molecule has 0 aliphatic heterocycles. The maximum Gasteiger partial charge on any atom is 0.148 e. The van der Waals surface area contributed by atoms with Crippen molar-refractivity contribution in [2.75, 3.05) is 5.73 Å². The Labute approximate surface area is 160 Å². The van der Waals surface area contributed by atoms with E-state index in [1.165, 1.54) is 16.0 Å². The van der Waals surface area contributed by atoms with E-state index in [0.717, 1.165) is 22.2 Å². The largest absolute Gasteiger partial charge is 0.384 e. The number of fused-ring (bicyclic) bond motifs is 3. The molecule has 0 unspecified atom stereocenters. The van der Waals surface area contributed by atoms with E-state index in [2.05, 4.69) is 42.3 Å². The minimum absolute atomic E-state index is 0.0478. The molecule has 3 aromatic rings. The standard InChI is InChI=1S/C19H17Cl2N3S/c1-19(2)9-11(4-3-10-5-6-13(20)14(21)8-10)7-12-15-17(22)23-24-18(15)25-16(12)19/h3-8H,9H2,1-2H3,(H3,22,23,24)/b4-3+. The molecule has 0 bridgehead atoms. The summed E-state index contributed by atoms with van der Waals surface area (Å²) in [5.74, 6) is 0.634. The van der Waals surface area contributed by atoms with Crippen LogP contribution in [0.15, 0.2) is 29.8 Å². The molecule has 3 nitrogen and oxygen atoms in total. The van der Waals surface area contributed by atoms with E-state index >= 15 is 0 Å². The molecule has 6 heteroatoms. The van der Waals surface area contributed by atoms with Crippen molar-refractivity contribution in [1.82, 2.24) is 10.2 Å². The van der Waals surface area contributed by atoms with Gasteiger partial charge in [0.1, 0.15) is 10.6 Å². The summed E-state index contributed by atoms with van der Waals surface area (Å²) in [5, 5.41) is 9.37. The third-order valence-electron chi connectivity index (χ3n) is 4.50. The van der Waals surface area contributed by atoms with Crippen molar-refractivity contribution in [3.8, 4) is 0 Å². The van der Waals surface area contributed by atoms with Crippen molar-refractivity contribution in [2.24, 2.45) is 0 Å². The summed E-state index contributed by atoms with van der Waals surface area (Å²) in [6.45, 7) is 4.53. The summed E-state index contributed by atoms with van der Waals surface area (Å²) in [6.07, 6.45) is 7.39. The Morgan fingerprint density at radius 1 is 1.24 bits per heavy atom. The summed E-state index contributed by atoms with van der Waals surface area (Å²) >= 11 is 13.8. The zero-order valence-electron chi connectivity index (χ0n) is 13.9. The van der Waals surface area contributed by atoms with Crippen LogP contribution in [-0.4, -0.2) is 10.2 Å². The molecule has 0 atom stereocenters. The van der Waals surface area contributed by atoms with Crippen molar-refractivity contribution in [3.63, 3.8) is 0 Å². The molecule has 4 rings (SSSR count). The van der Waals surface area contributed by atoms with Crippen LogP contribution in [0.4, 0.5) is 5.82 Å². The first-order valence-electron chi connectivity index (χ1n) is 7.96. The van der Waals surface area contributed by atoms with Gasteiger partial charge in [0.05, 0.1) is 15.4 Å². The number of nitrogens with two attached hydrogens (primary N) is 1. The Kier molecular flexibility index (Phi) is 3.95. The minimum Gasteiger partial charge on any atom is -0.384 e. The molecule has 1 aliphatic rings. The molecule has 0 radical (unpaired) electrons. The number of aromatic nitrogens is 2. The Hall–Kier alpha value is -1.75. The van der Waals surface area contributed by atoms with Gasteiger partial charge in [-0.05, 0) is 35.8 Å². The maximum absolute atomic E-state index is 6.10. The van der Waals surface area contributed by atoms with Gasteiger partial charge >= 0.3 is 0 Å². The number of thiophene rings is 1. The molecule has 25 heavy (non-hydrogen) atoms. The van der Waals surface area contributed by atoms with Crippen LogP contribution < -0.4 is 5.73 Å². The van der Waals surface area contributed by atoms with Gasteiger partial charge in [-0.25, -0.2) is 0 Å². The number of anilines is 1. The van der Waals surface area contributed by atoms with Crippen LogP contribution in [0.5, 0.6) is 0 Å². The number of hydrogen-bond donors (Lipinski definition) is 2. The highest BCUT2D eigenvalue weighted by atomic mass is 35.5. The van der Waals surface area contributed by atoms with E-state index in [1.807, 2.05) is 18.2 Å². The fourth-order valence-electron chi connectivity index (χ4n) is 3.33. The molecule has 0 fully saturated rings. The third kappa shape index (κ3) is 2.88. The number of rotatable bonds is 2. The molecule has 0 amide bonds. The molecule has 0 spiro atoms. The second kappa shape index (κ2) is 5.90. The van der Waals surface area contributed by atoms with Crippen LogP contribution in [0.1, 0.15) is 36.3 Å².